The van der Waals surface area contributed by atoms with E-state index in [1.807, 2.05) is 13.8 Å². The topological polar surface area (TPSA) is 0 Å². The summed E-state index contributed by atoms with van der Waals surface area (Å²) in [4.78, 5) is 0. The van der Waals surface area contributed by atoms with E-state index in [-0.39, 0.29) is 0 Å². The van der Waals surface area contributed by atoms with E-state index in [9.17, 15) is 0 Å². The van der Waals surface area contributed by atoms with Gasteiger partial charge in [-0.1, -0.05) is 106 Å². The molecular weight excluding hydrogens is 360 g/mol. The predicted molar refractivity (Wildman–Crippen MR) is 134 cm³/mol. The van der Waals surface area contributed by atoms with Gasteiger partial charge < -0.3 is 0 Å². The van der Waals surface area contributed by atoms with E-state index in [4.69, 9.17) is 0 Å². The van der Waals surface area contributed by atoms with Gasteiger partial charge in [0.1, 0.15) is 0 Å². The number of hydrogen-bond acceptors (Lipinski definition) is 0. The fraction of sp³-hybridized carbons (Fsp3) is 0.333. The number of aryl methyl sites for hydroxylation is 3. The van der Waals surface area contributed by atoms with Gasteiger partial charge in [0.15, 0.2) is 0 Å². The summed E-state index contributed by atoms with van der Waals surface area (Å²) in [5.41, 5.74) is 11.2. The van der Waals surface area contributed by atoms with Gasteiger partial charge in [-0.3, -0.25) is 0 Å². The van der Waals surface area contributed by atoms with E-state index >= 15 is 0 Å². The fourth-order valence-corrected chi connectivity index (χ4v) is 4.24. The molecule has 0 heterocycles. The minimum atomic E-state index is 0.371. The Kier molecular flexibility index (Phi) is 9.12. The van der Waals surface area contributed by atoms with E-state index in [0.717, 1.165) is 12.8 Å². The molecule has 0 N–H and O–H groups in total. The molecule has 0 saturated heterocycles. The van der Waals surface area contributed by atoms with E-state index in [1.165, 1.54) is 44.5 Å². The monoisotopic (exact) mass is 398 g/mol. The zero-order valence-electron chi connectivity index (χ0n) is 19.9. The third kappa shape index (κ3) is 5.51. The van der Waals surface area contributed by atoms with Crippen LogP contribution in [0, 0.1) is 13.8 Å². The van der Waals surface area contributed by atoms with Gasteiger partial charge in [-0.25, -0.2) is 0 Å². The molecule has 0 nitrogen and oxygen atoms in total. The van der Waals surface area contributed by atoms with Crippen molar-refractivity contribution in [2.45, 2.75) is 67.2 Å². The molecule has 30 heavy (non-hydrogen) atoms. The van der Waals surface area contributed by atoms with Crippen LogP contribution in [-0.4, -0.2) is 0 Å². The highest BCUT2D eigenvalue weighted by Gasteiger charge is 2.19. The third-order valence-corrected chi connectivity index (χ3v) is 5.85. The third-order valence-electron chi connectivity index (χ3n) is 5.85. The van der Waals surface area contributed by atoms with Gasteiger partial charge in [0.2, 0.25) is 0 Å². The van der Waals surface area contributed by atoms with E-state index in [1.54, 1.807) is 0 Å². The highest BCUT2D eigenvalue weighted by molar-refractivity contribution is 5.76. The first kappa shape index (κ1) is 23.7. The molecule has 0 fully saturated rings. The summed E-state index contributed by atoms with van der Waals surface area (Å²) in [6.07, 6.45) is 4.35. The van der Waals surface area contributed by atoms with Crippen LogP contribution in [0.3, 0.4) is 0 Å². The molecule has 0 heteroatoms. The lowest BCUT2D eigenvalue weighted by Gasteiger charge is -2.24. The maximum Gasteiger partial charge on any atom is 0.00664 e. The van der Waals surface area contributed by atoms with E-state index < -0.39 is 0 Å². The molecular formula is C30H38. The van der Waals surface area contributed by atoms with Gasteiger partial charge in [-0.2, -0.15) is 0 Å². The first-order valence-electron chi connectivity index (χ1n) is 11.4. The number of rotatable bonds is 6. The largest absolute Gasteiger partial charge is 0.0832 e. The first-order valence-corrected chi connectivity index (χ1v) is 11.4. The molecule has 3 aromatic carbocycles. The van der Waals surface area contributed by atoms with E-state index in [2.05, 4.69) is 107 Å². The second kappa shape index (κ2) is 11.6. The second-order valence-corrected chi connectivity index (χ2v) is 7.79. The maximum atomic E-state index is 2.35. The average Bonchev–Trinajstić information content (AvgIpc) is 2.78. The van der Waals surface area contributed by atoms with Crippen molar-refractivity contribution in [2.24, 2.45) is 0 Å². The molecule has 0 radical (unpaired) electrons. The van der Waals surface area contributed by atoms with Crippen LogP contribution in [0.25, 0.3) is 5.57 Å². The Morgan fingerprint density at radius 3 is 2.07 bits per heavy atom. The molecule has 0 aliphatic carbocycles. The van der Waals surface area contributed by atoms with Gasteiger partial charge in [0.05, 0.1) is 0 Å². The van der Waals surface area contributed by atoms with Crippen molar-refractivity contribution >= 4 is 5.57 Å². The summed E-state index contributed by atoms with van der Waals surface area (Å²) in [5.74, 6) is 0.371. The molecule has 158 valence electrons. The Morgan fingerprint density at radius 1 is 0.833 bits per heavy atom. The van der Waals surface area contributed by atoms with Crippen molar-refractivity contribution in [2.75, 3.05) is 0 Å². The standard InChI is InChI=1S/C28H32.C2H6/c1-6-24-12-10-13-25(19-23-17-15-20(3)16-18-23)28(24)26(7-2)22(5)27-14-9-8-11-21(27)4;1-2/h7-18,22H,6,19H2,1-5H3;1-2H3/b26-7-;. The molecule has 0 spiro atoms. The minimum absolute atomic E-state index is 0.371. The Labute approximate surface area is 184 Å². The number of benzene rings is 3. The summed E-state index contributed by atoms with van der Waals surface area (Å²) >= 11 is 0. The van der Waals surface area contributed by atoms with Crippen LogP contribution in [0.1, 0.15) is 79.5 Å². The van der Waals surface area contributed by atoms with Crippen molar-refractivity contribution in [3.8, 4) is 0 Å². The van der Waals surface area contributed by atoms with Gasteiger partial charge >= 0.3 is 0 Å². The minimum Gasteiger partial charge on any atom is -0.0832 e. The van der Waals surface area contributed by atoms with Gasteiger partial charge in [0.25, 0.3) is 0 Å². The van der Waals surface area contributed by atoms with Gasteiger partial charge in [0, 0.05) is 5.92 Å². The normalized spacial score (nSPS) is 12.2. The Hall–Kier alpha value is -2.60. The Bertz CT molecular complexity index is 958. The van der Waals surface area contributed by atoms with Crippen molar-refractivity contribution < 1.29 is 0 Å². The maximum absolute atomic E-state index is 2.35. The molecule has 0 aromatic heterocycles. The van der Waals surface area contributed by atoms with Crippen molar-refractivity contribution in [1.82, 2.24) is 0 Å². The first-order chi connectivity index (χ1) is 14.5. The number of hydrogen-bond donors (Lipinski definition) is 0. The summed E-state index contributed by atoms with van der Waals surface area (Å²) < 4.78 is 0. The van der Waals surface area contributed by atoms with Crippen LogP contribution >= 0.6 is 0 Å². The zero-order valence-corrected chi connectivity index (χ0v) is 19.9. The molecule has 1 atom stereocenters. The lowest BCUT2D eigenvalue weighted by atomic mass is 9.80. The van der Waals surface area contributed by atoms with Crippen LogP contribution in [0.15, 0.2) is 72.8 Å². The van der Waals surface area contributed by atoms with Crippen LogP contribution in [0.2, 0.25) is 0 Å². The Balaban J connectivity index is 0.00000155. The van der Waals surface area contributed by atoms with Gasteiger partial charge in [-0.05, 0) is 72.6 Å². The summed E-state index contributed by atoms with van der Waals surface area (Å²) in [5, 5.41) is 0. The highest BCUT2D eigenvalue weighted by atomic mass is 14.2. The second-order valence-electron chi connectivity index (χ2n) is 7.79. The molecule has 0 amide bonds. The van der Waals surface area contributed by atoms with Crippen molar-refractivity contribution in [3.63, 3.8) is 0 Å². The Morgan fingerprint density at radius 2 is 1.47 bits per heavy atom. The summed E-state index contributed by atoms with van der Waals surface area (Å²) in [6, 6.07) is 24.6. The zero-order chi connectivity index (χ0) is 22.1. The molecule has 0 saturated carbocycles. The molecule has 0 aliphatic heterocycles. The lowest BCUT2D eigenvalue weighted by Crippen LogP contribution is -2.06. The van der Waals surface area contributed by atoms with Crippen LogP contribution in [0.5, 0.6) is 0 Å². The SMILES string of the molecule is C/C=C(\c1c(CC)cccc1Cc1ccc(C)cc1)C(C)c1ccccc1C.CC. The van der Waals surface area contributed by atoms with Crippen molar-refractivity contribution in [3.05, 3.63) is 112 Å². The average molecular weight is 399 g/mol. The quantitative estimate of drug-likeness (QED) is 0.389. The lowest BCUT2D eigenvalue weighted by molar-refractivity contribution is 0.956. The smallest absolute Gasteiger partial charge is 0.00664 e. The molecule has 1 unspecified atom stereocenters. The van der Waals surface area contributed by atoms with Gasteiger partial charge in [-0.15, -0.1) is 0 Å². The summed E-state index contributed by atoms with van der Waals surface area (Å²) in [7, 11) is 0. The van der Waals surface area contributed by atoms with Crippen LogP contribution in [0.4, 0.5) is 0 Å². The number of allylic oxidation sites excluding steroid dienone is 2. The molecule has 3 aromatic rings. The molecule has 0 aliphatic rings. The highest BCUT2D eigenvalue weighted by Crippen LogP contribution is 2.37. The molecule has 0 bridgehead atoms. The fourth-order valence-electron chi connectivity index (χ4n) is 4.24. The van der Waals surface area contributed by atoms with Crippen LogP contribution < -0.4 is 0 Å². The predicted octanol–water partition coefficient (Wildman–Crippen LogP) is 8.69. The molecule has 3 rings (SSSR count). The van der Waals surface area contributed by atoms with E-state index in [0.29, 0.717) is 5.92 Å². The summed E-state index contributed by atoms with van der Waals surface area (Å²) in [6.45, 7) is 15.2. The van der Waals surface area contributed by atoms with Crippen LogP contribution in [-0.2, 0) is 12.8 Å². The van der Waals surface area contributed by atoms with Crippen molar-refractivity contribution in [1.29, 1.82) is 0 Å².